The second-order valence-electron chi connectivity index (χ2n) is 6.54. The van der Waals surface area contributed by atoms with Crippen molar-refractivity contribution >= 4 is 28.5 Å². The molecule has 0 bridgehead atoms. The molecule has 1 aliphatic rings. The van der Waals surface area contributed by atoms with Crippen LogP contribution in [0.4, 0.5) is 9.80 Å². The number of alkyl carbamates (subject to hydrolysis) is 1. The lowest BCUT2D eigenvalue weighted by molar-refractivity contribution is -0.380. The van der Waals surface area contributed by atoms with Gasteiger partial charge in [0.05, 0.1) is 4.92 Å². The van der Waals surface area contributed by atoms with Crippen molar-refractivity contribution < 1.29 is 14.5 Å². The molecule has 0 fully saturated rings. The molecule has 1 N–H and O–H groups in total. The number of nitro groups is 1. The van der Waals surface area contributed by atoms with E-state index in [2.05, 4.69) is 29.6 Å². The maximum absolute atomic E-state index is 12.1. The van der Waals surface area contributed by atoms with Crippen LogP contribution in [0, 0.1) is 10.1 Å². The number of carbonyl (C=O) groups excluding carboxylic acids is 1. The second kappa shape index (κ2) is 8.28. The standard InChI is InChI=1S/C22H18N2O4S/c25-22(23-13-5-6-15-11-12-21(29-15)24(26)27)28-14-20-18-9-3-1-7-16(18)17-8-2-4-10-19(17)20/h1-12,20H,13-14H2,(H,23,25). The number of rotatable bonds is 6. The van der Waals surface area contributed by atoms with Gasteiger partial charge in [-0.2, -0.15) is 0 Å². The van der Waals surface area contributed by atoms with Crippen LogP contribution in [0.1, 0.15) is 21.9 Å². The van der Waals surface area contributed by atoms with Gasteiger partial charge in [-0.1, -0.05) is 65.9 Å². The predicted molar refractivity (Wildman–Crippen MR) is 113 cm³/mol. The van der Waals surface area contributed by atoms with Gasteiger partial charge in [-0.05, 0) is 34.4 Å². The maximum atomic E-state index is 12.1. The summed E-state index contributed by atoms with van der Waals surface area (Å²) in [5.41, 5.74) is 4.71. The van der Waals surface area contributed by atoms with Gasteiger partial charge in [0.15, 0.2) is 0 Å². The lowest BCUT2D eigenvalue weighted by Gasteiger charge is -2.14. The fraction of sp³-hybridized carbons (Fsp3) is 0.136. The van der Waals surface area contributed by atoms with Gasteiger partial charge in [0.2, 0.25) is 0 Å². The summed E-state index contributed by atoms with van der Waals surface area (Å²) in [4.78, 5) is 23.1. The van der Waals surface area contributed by atoms with Crippen molar-refractivity contribution in [1.82, 2.24) is 5.32 Å². The highest BCUT2D eigenvalue weighted by Crippen LogP contribution is 2.44. The Labute approximate surface area is 171 Å². The first kappa shape index (κ1) is 18.9. The highest BCUT2D eigenvalue weighted by atomic mass is 32.1. The quantitative estimate of drug-likeness (QED) is 0.450. The Bertz CT molecular complexity index is 1040. The van der Waals surface area contributed by atoms with Crippen molar-refractivity contribution in [2.24, 2.45) is 0 Å². The summed E-state index contributed by atoms with van der Waals surface area (Å²) in [6.45, 7) is 0.545. The summed E-state index contributed by atoms with van der Waals surface area (Å²) in [6.07, 6.45) is 2.98. The Hall–Kier alpha value is -3.45. The van der Waals surface area contributed by atoms with E-state index in [1.165, 1.54) is 28.3 Å². The van der Waals surface area contributed by atoms with Crippen molar-refractivity contribution in [1.29, 1.82) is 0 Å². The van der Waals surface area contributed by atoms with Crippen molar-refractivity contribution in [3.05, 3.63) is 92.9 Å². The van der Waals surface area contributed by atoms with Crippen molar-refractivity contribution in [2.45, 2.75) is 5.92 Å². The fourth-order valence-corrected chi connectivity index (χ4v) is 4.25. The van der Waals surface area contributed by atoms with Gasteiger partial charge < -0.3 is 10.1 Å². The number of fused-ring (bicyclic) bond motifs is 3. The molecular formula is C22H18N2O4S. The Morgan fingerprint density at radius 2 is 1.72 bits per heavy atom. The highest BCUT2D eigenvalue weighted by Gasteiger charge is 2.28. The van der Waals surface area contributed by atoms with Crippen molar-refractivity contribution in [2.75, 3.05) is 13.2 Å². The summed E-state index contributed by atoms with van der Waals surface area (Å²) < 4.78 is 5.46. The number of amides is 1. The third-order valence-electron chi connectivity index (χ3n) is 4.78. The van der Waals surface area contributed by atoms with E-state index in [1.807, 2.05) is 24.3 Å². The molecular weight excluding hydrogens is 388 g/mol. The predicted octanol–water partition coefficient (Wildman–Crippen LogP) is 5.21. The van der Waals surface area contributed by atoms with E-state index in [4.69, 9.17) is 4.74 Å². The van der Waals surface area contributed by atoms with E-state index in [9.17, 15) is 14.9 Å². The molecule has 6 nitrogen and oxygen atoms in total. The maximum Gasteiger partial charge on any atom is 0.407 e. The topological polar surface area (TPSA) is 81.5 Å². The molecule has 1 aliphatic carbocycles. The number of hydrogen-bond acceptors (Lipinski definition) is 5. The highest BCUT2D eigenvalue weighted by molar-refractivity contribution is 7.16. The Balaban J connectivity index is 1.32. The Morgan fingerprint density at radius 1 is 1.07 bits per heavy atom. The molecule has 0 atom stereocenters. The van der Waals surface area contributed by atoms with E-state index in [0.717, 1.165) is 16.2 Å². The van der Waals surface area contributed by atoms with Crippen LogP contribution in [-0.4, -0.2) is 24.2 Å². The first-order chi connectivity index (χ1) is 14.1. The van der Waals surface area contributed by atoms with Gasteiger partial charge in [-0.25, -0.2) is 4.79 Å². The molecule has 0 unspecified atom stereocenters. The summed E-state index contributed by atoms with van der Waals surface area (Å²) in [5.74, 6) is 0.0235. The van der Waals surface area contributed by atoms with Gasteiger partial charge in [0.25, 0.3) is 0 Å². The van der Waals surface area contributed by atoms with Crippen LogP contribution >= 0.6 is 11.3 Å². The summed E-state index contributed by atoms with van der Waals surface area (Å²) >= 11 is 1.08. The lowest BCUT2D eigenvalue weighted by Crippen LogP contribution is -2.26. The van der Waals surface area contributed by atoms with Crippen molar-refractivity contribution in [3.8, 4) is 11.1 Å². The van der Waals surface area contributed by atoms with Crippen LogP contribution < -0.4 is 5.32 Å². The largest absolute Gasteiger partial charge is 0.449 e. The van der Waals surface area contributed by atoms with Crippen LogP contribution in [0.25, 0.3) is 17.2 Å². The molecule has 0 saturated heterocycles. The molecule has 0 saturated carbocycles. The molecule has 146 valence electrons. The zero-order valence-electron chi connectivity index (χ0n) is 15.4. The SMILES string of the molecule is O=C(NCC=Cc1ccc([N+](=O)[O-])s1)OCC1c2ccccc2-c2ccccc21. The molecule has 7 heteroatoms. The van der Waals surface area contributed by atoms with Crippen molar-refractivity contribution in [3.63, 3.8) is 0 Å². The third kappa shape index (κ3) is 4.05. The molecule has 1 aromatic heterocycles. The summed E-state index contributed by atoms with van der Waals surface area (Å²) in [7, 11) is 0. The lowest BCUT2D eigenvalue weighted by atomic mass is 9.98. The third-order valence-corrected chi connectivity index (χ3v) is 5.78. The smallest absolute Gasteiger partial charge is 0.407 e. The van der Waals surface area contributed by atoms with Gasteiger partial charge in [-0.15, -0.1) is 0 Å². The van der Waals surface area contributed by atoms with E-state index < -0.39 is 11.0 Å². The molecule has 1 amide bonds. The number of hydrogen-bond donors (Lipinski definition) is 1. The van der Waals surface area contributed by atoms with Crippen LogP contribution in [0.5, 0.6) is 0 Å². The zero-order chi connectivity index (χ0) is 20.2. The van der Waals surface area contributed by atoms with Gasteiger partial charge >= 0.3 is 11.1 Å². The second-order valence-corrected chi connectivity index (χ2v) is 7.64. The Kier molecular flexibility index (Phi) is 5.39. The van der Waals surface area contributed by atoms with Crippen LogP contribution in [-0.2, 0) is 4.74 Å². The molecule has 3 aromatic rings. The number of thiophene rings is 1. The summed E-state index contributed by atoms with van der Waals surface area (Å²) in [5, 5.41) is 13.5. The van der Waals surface area contributed by atoms with Crippen LogP contribution in [0.15, 0.2) is 66.7 Å². The van der Waals surface area contributed by atoms with Gasteiger partial charge in [0.1, 0.15) is 6.61 Å². The minimum Gasteiger partial charge on any atom is -0.449 e. The summed E-state index contributed by atoms with van der Waals surface area (Å²) in [6, 6.07) is 19.5. The fourth-order valence-electron chi connectivity index (χ4n) is 3.50. The average molecular weight is 406 g/mol. The minimum absolute atomic E-state index is 0.0235. The monoisotopic (exact) mass is 406 g/mol. The first-order valence-electron chi connectivity index (χ1n) is 9.13. The van der Waals surface area contributed by atoms with Crippen LogP contribution in [0.2, 0.25) is 0 Å². The molecule has 0 aliphatic heterocycles. The average Bonchev–Trinajstić information content (AvgIpc) is 3.33. The number of nitrogens with zero attached hydrogens (tertiary/aromatic N) is 1. The molecule has 2 aromatic carbocycles. The molecule has 29 heavy (non-hydrogen) atoms. The first-order valence-corrected chi connectivity index (χ1v) is 9.95. The van der Waals surface area contributed by atoms with Gasteiger partial charge in [-0.3, -0.25) is 10.1 Å². The van der Waals surface area contributed by atoms with Gasteiger partial charge in [0, 0.05) is 23.4 Å². The Morgan fingerprint density at radius 3 is 2.34 bits per heavy atom. The zero-order valence-corrected chi connectivity index (χ0v) is 16.2. The molecule has 4 rings (SSSR count). The van der Waals surface area contributed by atoms with E-state index in [-0.39, 0.29) is 24.1 Å². The normalized spacial score (nSPS) is 12.6. The van der Waals surface area contributed by atoms with Crippen LogP contribution in [0.3, 0.4) is 0 Å². The number of nitrogens with one attached hydrogen (secondary N) is 1. The number of carbonyl (C=O) groups is 1. The van der Waals surface area contributed by atoms with E-state index in [1.54, 1.807) is 18.2 Å². The molecule has 0 radical (unpaired) electrons. The minimum atomic E-state index is -0.492. The number of benzene rings is 2. The molecule has 0 spiro atoms. The van der Waals surface area contributed by atoms with E-state index in [0.29, 0.717) is 0 Å². The number of ether oxygens (including phenoxy) is 1. The van der Waals surface area contributed by atoms with E-state index >= 15 is 0 Å². The molecule has 1 heterocycles.